The molecule has 0 saturated heterocycles. The molecule has 0 bridgehead atoms. The van der Waals surface area contributed by atoms with Gasteiger partial charge in [0.2, 0.25) is 0 Å². The SMILES string of the molecule is CCCn1ncc(OCC(C)N)cc1=O. The van der Waals surface area contributed by atoms with Crippen molar-refractivity contribution in [2.45, 2.75) is 32.9 Å². The molecule has 0 aromatic carbocycles. The third-order valence-electron chi connectivity index (χ3n) is 1.79. The van der Waals surface area contributed by atoms with Crippen LogP contribution in [0.2, 0.25) is 0 Å². The Morgan fingerprint density at radius 2 is 2.40 bits per heavy atom. The molecule has 1 aromatic heterocycles. The van der Waals surface area contributed by atoms with E-state index in [0.717, 1.165) is 6.42 Å². The van der Waals surface area contributed by atoms with Gasteiger partial charge in [0.15, 0.2) is 0 Å². The highest BCUT2D eigenvalue weighted by Crippen LogP contribution is 2.03. The maximum absolute atomic E-state index is 11.5. The number of aryl methyl sites for hydroxylation is 1. The van der Waals surface area contributed by atoms with E-state index >= 15 is 0 Å². The molecule has 1 rings (SSSR count). The fourth-order valence-corrected chi connectivity index (χ4v) is 1.10. The molecular formula is C10H17N3O2. The molecule has 0 saturated carbocycles. The summed E-state index contributed by atoms with van der Waals surface area (Å²) in [6.07, 6.45) is 2.42. The van der Waals surface area contributed by atoms with Gasteiger partial charge in [0.1, 0.15) is 12.4 Å². The van der Waals surface area contributed by atoms with Crippen LogP contribution in [0.3, 0.4) is 0 Å². The molecule has 15 heavy (non-hydrogen) atoms. The summed E-state index contributed by atoms with van der Waals surface area (Å²) in [7, 11) is 0. The second-order valence-corrected chi connectivity index (χ2v) is 3.54. The second kappa shape index (κ2) is 5.50. The predicted molar refractivity (Wildman–Crippen MR) is 57.9 cm³/mol. The first-order valence-corrected chi connectivity index (χ1v) is 5.09. The number of rotatable bonds is 5. The van der Waals surface area contributed by atoms with Gasteiger partial charge in [-0.15, -0.1) is 0 Å². The highest BCUT2D eigenvalue weighted by molar-refractivity contribution is 5.13. The van der Waals surface area contributed by atoms with Gasteiger partial charge in [0.05, 0.1) is 6.20 Å². The van der Waals surface area contributed by atoms with Crippen molar-refractivity contribution in [3.63, 3.8) is 0 Å². The quantitative estimate of drug-likeness (QED) is 0.764. The van der Waals surface area contributed by atoms with E-state index in [9.17, 15) is 4.79 Å². The molecular weight excluding hydrogens is 194 g/mol. The fourth-order valence-electron chi connectivity index (χ4n) is 1.10. The Morgan fingerprint density at radius 1 is 1.67 bits per heavy atom. The Bertz CT molecular complexity index is 360. The van der Waals surface area contributed by atoms with Crippen LogP contribution >= 0.6 is 0 Å². The zero-order valence-electron chi connectivity index (χ0n) is 9.14. The van der Waals surface area contributed by atoms with Gasteiger partial charge in [-0.05, 0) is 13.3 Å². The minimum Gasteiger partial charge on any atom is -0.490 e. The Kier molecular flexibility index (Phi) is 4.30. The van der Waals surface area contributed by atoms with Gasteiger partial charge in [-0.1, -0.05) is 6.92 Å². The molecule has 0 aliphatic heterocycles. The van der Waals surface area contributed by atoms with E-state index in [-0.39, 0.29) is 11.6 Å². The molecule has 0 spiro atoms. The van der Waals surface area contributed by atoms with E-state index in [1.807, 2.05) is 13.8 Å². The Morgan fingerprint density at radius 3 is 2.93 bits per heavy atom. The number of nitrogens with two attached hydrogens (primary N) is 1. The molecule has 1 atom stereocenters. The van der Waals surface area contributed by atoms with Crippen molar-refractivity contribution < 1.29 is 4.74 Å². The van der Waals surface area contributed by atoms with E-state index in [0.29, 0.717) is 18.9 Å². The lowest BCUT2D eigenvalue weighted by molar-refractivity contribution is 0.292. The van der Waals surface area contributed by atoms with Gasteiger partial charge >= 0.3 is 0 Å². The van der Waals surface area contributed by atoms with Crippen molar-refractivity contribution in [3.05, 3.63) is 22.6 Å². The van der Waals surface area contributed by atoms with Crippen LogP contribution in [0.25, 0.3) is 0 Å². The number of nitrogens with zero attached hydrogens (tertiary/aromatic N) is 2. The maximum atomic E-state index is 11.5. The molecule has 5 nitrogen and oxygen atoms in total. The average Bonchev–Trinajstić information content (AvgIpc) is 2.19. The summed E-state index contributed by atoms with van der Waals surface area (Å²) >= 11 is 0. The van der Waals surface area contributed by atoms with E-state index < -0.39 is 0 Å². The van der Waals surface area contributed by atoms with Crippen LogP contribution < -0.4 is 16.0 Å². The lowest BCUT2D eigenvalue weighted by Crippen LogP contribution is -2.25. The van der Waals surface area contributed by atoms with Gasteiger partial charge < -0.3 is 10.5 Å². The van der Waals surface area contributed by atoms with Crippen molar-refractivity contribution in [3.8, 4) is 5.75 Å². The molecule has 1 heterocycles. The first-order chi connectivity index (χ1) is 7.13. The second-order valence-electron chi connectivity index (χ2n) is 3.54. The fraction of sp³-hybridized carbons (Fsp3) is 0.600. The topological polar surface area (TPSA) is 70.1 Å². The van der Waals surface area contributed by atoms with Gasteiger partial charge in [-0.2, -0.15) is 5.10 Å². The summed E-state index contributed by atoms with van der Waals surface area (Å²) in [5.74, 6) is 0.477. The van der Waals surface area contributed by atoms with E-state index in [4.69, 9.17) is 10.5 Å². The monoisotopic (exact) mass is 211 g/mol. The van der Waals surface area contributed by atoms with E-state index in [1.165, 1.54) is 10.7 Å². The predicted octanol–water partition coefficient (Wildman–Crippen LogP) is 0.379. The summed E-state index contributed by atoms with van der Waals surface area (Å²) in [5, 5.41) is 3.98. The third kappa shape index (κ3) is 3.71. The largest absolute Gasteiger partial charge is 0.490 e. The van der Waals surface area contributed by atoms with Crippen molar-refractivity contribution >= 4 is 0 Å². The van der Waals surface area contributed by atoms with Crippen LogP contribution in [0, 0.1) is 0 Å². The van der Waals surface area contributed by atoms with Crippen LogP contribution in [0.5, 0.6) is 5.75 Å². The van der Waals surface area contributed by atoms with Crippen LogP contribution in [0.1, 0.15) is 20.3 Å². The minimum absolute atomic E-state index is 0.0527. The molecule has 5 heteroatoms. The first kappa shape index (κ1) is 11.7. The lowest BCUT2D eigenvalue weighted by atomic mass is 10.4. The van der Waals surface area contributed by atoms with E-state index in [2.05, 4.69) is 5.10 Å². The molecule has 0 fully saturated rings. The standard InChI is InChI=1S/C10H17N3O2/c1-3-4-13-10(14)5-9(6-12-13)15-7-8(2)11/h5-6,8H,3-4,7,11H2,1-2H3. The summed E-state index contributed by atoms with van der Waals surface area (Å²) < 4.78 is 6.70. The Hall–Kier alpha value is -1.36. The van der Waals surface area contributed by atoms with Gasteiger partial charge in [-0.3, -0.25) is 4.79 Å². The molecule has 1 aromatic rings. The smallest absolute Gasteiger partial charge is 0.270 e. The maximum Gasteiger partial charge on any atom is 0.270 e. The first-order valence-electron chi connectivity index (χ1n) is 5.09. The Labute approximate surface area is 88.9 Å². The molecule has 0 amide bonds. The molecule has 2 N–H and O–H groups in total. The van der Waals surface area contributed by atoms with Gasteiger partial charge in [0.25, 0.3) is 5.56 Å². The molecule has 0 radical (unpaired) electrons. The van der Waals surface area contributed by atoms with Crippen LogP contribution in [0.15, 0.2) is 17.1 Å². The van der Waals surface area contributed by atoms with Crippen molar-refractivity contribution in [1.82, 2.24) is 9.78 Å². The van der Waals surface area contributed by atoms with Crippen LogP contribution in [-0.2, 0) is 6.54 Å². The number of aromatic nitrogens is 2. The molecule has 84 valence electrons. The third-order valence-corrected chi connectivity index (χ3v) is 1.79. The van der Waals surface area contributed by atoms with Crippen molar-refractivity contribution in [2.75, 3.05) is 6.61 Å². The normalized spacial score (nSPS) is 12.5. The number of hydrogen-bond donors (Lipinski definition) is 1. The van der Waals surface area contributed by atoms with Crippen LogP contribution in [0.4, 0.5) is 0 Å². The lowest BCUT2D eigenvalue weighted by Gasteiger charge is -2.08. The van der Waals surface area contributed by atoms with Crippen molar-refractivity contribution in [2.24, 2.45) is 5.73 Å². The van der Waals surface area contributed by atoms with Crippen molar-refractivity contribution in [1.29, 1.82) is 0 Å². The van der Waals surface area contributed by atoms with Gasteiger partial charge in [0, 0.05) is 18.7 Å². The van der Waals surface area contributed by atoms with Gasteiger partial charge in [-0.25, -0.2) is 4.68 Å². The summed E-state index contributed by atoms with van der Waals surface area (Å²) in [4.78, 5) is 11.5. The zero-order chi connectivity index (χ0) is 11.3. The summed E-state index contributed by atoms with van der Waals surface area (Å²) in [6.45, 7) is 4.85. The Balaban J connectivity index is 2.69. The summed E-state index contributed by atoms with van der Waals surface area (Å²) in [5.41, 5.74) is 5.39. The minimum atomic E-state index is -0.140. The number of ether oxygens (including phenoxy) is 1. The average molecular weight is 211 g/mol. The van der Waals surface area contributed by atoms with Crippen LogP contribution in [-0.4, -0.2) is 22.4 Å². The number of hydrogen-bond acceptors (Lipinski definition) is 4. The summed E-state index contributed by atoms with van der Waals surface area (Å²) in [6, 6.07) is 1.38. The molecule has 1 unspecified atom stereocenters. The molecule has 0 aliphatic rings. The highest BCUT2D eigenvalue weighted by atomic mass is 16.5. The highest BCUT2D eigenvalue weighted by Gasteiger charge is 2.01. The van der Waals surface area contributed by atoms with E-state index in [1.54, 1.807) is 6.20 Å². The molecule has 0 aliphatic carbocycles. The zero-order valence-corrected chi connectivity index (χ0v) is 9.14.